The fourth-order valence-electron chi connectivity index (χ4n) is 4.58. The van der Waals surface area contributed by atoms with Crippen LogP contribution in [0.25, 0.3) is 16.7 Å². The van der Waals surface area contributed by atoms with Crippen LogP contribution in [0.15, 0.2) is 60.8 Å². The van der Waals surface area contributed by atoms with Gasteiger partial charge in [-0.15, -0.1) is 0 Å². The van der Waals surface area contributed by atoms with Gasteiger partial charge in [0.15, 0.2) is 5.65 Å². The number of rotatable bonds is 6. The molecule has 0 aliphatic carbocycles. The maximum Gasteiger partial charge on any atom is 0.254 e. The number of aromatic nitrogens is 4. The molecule has 1 atom stereocenters. The SMILES string of the molecule is CC[C@@H](C)c1nc(N2CCCN(C(=O)c3cccc(OC)c3)CC2)c2cnn(-c3ccccc3)c2n1. The number of ether oxygens (including phenoxy) is 1. The van der Waals surface area contributed by atoms with Crippen molar-refractivity contribution in [2.45, 2.75) is 32.6 Å². The zero-order valence-electron chi connectivity index (χ0n) is 21.1. The molecule has 5 rings (SSSR count). The Morgan fingerprint density at radius 3 is 2.64 bits per heavy atom. The number of carbonyl (C=O) groups is 1. The highest BCUT2D eigenvalue weighted by Gasteiger charge is 2.25. The van der Waals surface area contributed by atoms with Crippen molar-refractivity contribution >= 4 is 22.8 Å². The van der Waals surface area contributed by atoms with Crippen molar-refractivity contribution in [3.63, 3.8) is 0 Å². The fraction of sp³-hybridized carbons (Fsp3) is 0.357. The average molecular weight is 485 g/mol. The maximum absolute atomic E-state index is 13.2. The maximum atomic E-state index is 13.2. The van der Waals surface area contributed by atoms with Crippen LogP contribution in [0.4, 0.5) is 5.82 Å². The first-order valence-corrected chi connectivity index (χ1v) is 12.6. The first-order valence-electron chi connectivity index (χ1n) is 12.6. The second-order valence-corrected chi connectivity index (χ2v) is 9.21. The summed E-state index contributed by atoms with van der Waals surface area (Å²) in [7, 11) is 1.61. The van der Waals surface area contributed by atoms with Crippen LogP contribution in [0, 0.1) is 0 Å². The average Bonchev–Trinajstić information content (AvgIpc) is 3.21. The monoisotopic (exact) mass is 484 g/mol. The summed E-state index contributed by atoms with van der Waals surface area (Å²) in [6.07, 6.45) is 3.67. The van der Waals surface area contributed by atoms with Crippen LogP contribution in [-0.4, -0.2) is 63.8 Å². The van der Waals surface area contributed by atoms with Gasteiger partial charge < -0.3 is 14.5 Å². The van der Waals surface area contributed by atoms with Gasteiger partial charge in [-0.25, -0.2) is 14.6 Å². The van der Waals surface area contributed by atoms with E-state index in [1.54, 1.807) is 13.2 Å². The van der Waals surface area contributed by atoms with E-state index >= 15 is 0 Å². The molecule has 1 aliphatic rings. The Morgan fingerprint density at radius 2 is 1.86 bits per heavy atom. The van der Waals surface area contributed by atoms with E-state index in [0.29, 0.717) is 30.9 Å². The van der Waals surface area contributed by atoms with Gasteiger partial charge in [0.05, 0.1) is 24.4 Å². The highest BCUT2D eigenvalue weighted by atomic mass is 16.5. The van der Waals surface area contributed by atoms with Crippen LogP contribution in [0.5, 0.6) is 5.75 Å². The molecule has 1 saturated heterocycles. The molecule has 1 fully saturated rings. The van der Waals surface area contributed by atoms with Crippen molar-refractivity contribution in [1.82, 2.24) is 24.6 Å². The second-order valence-electron chi connectivity index (χ2n) is 9.21. The largest absolute Gasteiger partial charge is 0.497 e. The van der Waals surface area contributed by atoms with Gasteiger partial charge in [-0.05, 0) is 43.2 Å². The number of benzene rings is 2. The van der Waals surface area contributed by atoms with Gasteiger partial charge in [-0.2, -0.15) is 5.10 Å². The Labute approximate surface area is 211 Å². The zero-order chi connectivity index (χ0) is 25.1. The van der Waals surface area contributed by atoms with Gasteiger partial charge in [0.25, 0.3) is 5.91 Å². The van der Waals surface area contributed by atoms with Crippen molar-refractivity contribution in [3.05, 3.63) is 72.2 Å². The summed E-state index contributed by atoms with van der Waals surface area (Å²) in [5.74, 6) is 2.67. The zero-order valence-corrected chi connectivity index (χ0v) is 21.1. The van der Waals surface area contributed by atoms with Gasteiger partial charge in [0.2, 0.25) is 0 Å². The summed E-state index contributed by atoms with van der Waals surface area (Å²) in [5, 5.41) is 5.61. The molecule has 3 heterocycles. The number of para-hydroxylation sites is 1. The number of hydrogen-bond donors (Lipinski definition) is 0. The molecule has 2 aromatic carbocycles. The lowest BCUT2D eigenvalue weighted by atomic mass is 10.1. The molecule has 0 unspecified atom stereocenters. The minimum atomic E-state index is 0.0285. The van der Waals surface area contributed by atoms with Crippen molar-refractivity contribution in [3.8, 4) is 11.4 Å². The molecule has 186 valence electrons. The second kappa shape index (κ2) is 10.4. The summed E-state index contributed by atoms with van der Waals surface area (Å²) < 4.78 is 7.20. The molecule has 0 N–H and O–H groups in total. The Kier molecular flexibility index (Phi) is 6.84. The normalized spacial score (nSPS) is 15.1. The number of carbonyl (C=O) groups excluding carboxylic acids is 1. The van der Waals surface area contributed by atoms with Crippen molar-refractivity contribution in [2.24, 2.45) is 0 Å². The highest BCUT2D eigenvalue weighted by Crippen LogP contribution is 2.29. The van der Waals surface area contributed by atoms with E-state index in [1.807, 2.05) is 64.3 Å². The number of fused-ring (bicyclic) bond motifs is 1. The van der Waals surface area contributed by atoms with Gasteiger partial charge in [-0.1, -0.05) is 38.1 Å². The van der Waals surface area contributed by atoms with E-state index in [2.05, 4.69) is 23.8 Å². The topological polar surface area (TPSA) is 76.4 Å². The Bertz CT molecular complexity index is 1350. The van der Waals surface area contributed by atoms with Gasteiger partial charge in [0, 0.05) is 37.7 Å². The number of methoxy groups -OCH3 is 1. The minimum absolute atomic E-state index is 0.0285. The molecule has 36 heavy (non-hydrogen) atoms. The third-order valence-corrected chi connectivity index (χ3v) is 6.88. The van der Waals surface area contributed by atoms with E-state index in [1.165, 1.54) is 0 Å². The molecule has 1 amide bonds. The minimum Gasteiger partial charge on any atom is -0.497 e. The quantitative estimate of drug-likeness (QED) is 0.395. The lowest BCUT2D eigenvalue weighted by Gasteiger charge is -2.24. The third-order valence-electron chi connectivity index (χ3n) is 6.88. The molecular weight excluding hydrogens is 452 g/mol. The molecule has 0 spiro atoms. The lowest BCUT2D eigenvalue weighted by Crippen LogP contribution is -2.35. The van der Waals surface area contributed by atoms with E-state index in [4.69, 9.17) is 14.7 Å². The summed E-state index contributed by atoms with van der Waals surface area (Å²) in [5.41, 5.74) is 2.43. The number of hydrogen-bond acceptors (Lipinski definition) is 6. The van der Waals surface area contributed by atoms with Crippen molar-refractivity contribution in [1.29, 1.82) is 0 Å². The highest BCUT2D eigenvalue weighted by molar-refractivity contribution is 5.94. The summed E-state index contributed by atoms with van der Waals surface area (Å²) >= 11 is 0. The van der Waals surface area contributed by atoms with Gasteiger partial charge >= 0.3 is 0 Å². The smallest absolute Gasteiger partial charge is 0.254 e. The summed E-state index contributed by atoms with van der Waals surface area (Å²) in [6, 6.07) is 17.4. The lowest BCUT2D eigenvalue weighted by molar-refractivity contribution is 0.0766. The first-order chi connectivity index (χ1) is 17.6. The van der Waals surface area contributed by atoms with Crippen molar-refractivity contribution < 1.29 is 9.53 Å². The van der Waals surface area contributed by atoms with E-state index in [-0.39, 0.29) is 11.8 Å². The number of amides is 1. The van der Waals surface area contributed by atoms with E-state index < -0.39 is 0 Å². The molecule has 8 heteroatoms. The molecule has 1 aliphatic heterocycles. The number of nitrogens with zero attached hydrogens (tertiary/aromatic N) is 6. The Balaban J connectivity index is 1.46. The van der Waals surface area contributed by atoms with Crippen LogP contribution < -0.4 is 9.64 Å². The first kappa shape index (κ1) is 23.8. The Hall–Kier alpha value is -3.94. The van der Waals surface area contributed by atoms with Crippen LogP contribution in [0.1, 0.15) is 48.8 Å². The van der Waals surface area contributed by atoms with Crippen molar-refractivity contribution in [2.75, 3.05) is 38.2 Å². The fourth-order valence-corrected chi connectivity index (χ4v) is 4.58. The van der Waals surface area contributed by atoms with Crippen LogP contribution in [0.2, 0.25) is 0 Å². The van der Waals surface area contributed by atoms with Crippen LogP contribution in [-0.2, 0) is 0 Å². The third kappa shape index (κ3) is 4.63. The Morgan fingerprint density at radius 1 is 1.03 bits per heavy atom. The van der Waals surface area contributed by atoms with Gasteiger partial charge in [0.1, 0.15) is 17.4 Å². The molecule has 0 bridgehead atoms. The predicted octanol–water partition coefficient (Wildman–Crippen LogP) is 4.69. The predicted molar refractivity (Wildman–Crippen MR) is 141 cm³/mol. The molecule has 0 radical (unpaired) electrons. The van der Waals surface area contributed by atoms with Crippen LogP contribution in [0.3, 0.4) is 0 Å². The molecule has 4 aromatic rings. The van der Waals surface area contributed by atoms with Gasteiger partial charge in [-0.3, -0.25) is 4.79 Å². The standard InChI is InChI=1S/C28H32N6O2/c1-4-20(2)25-30-26(24-19-29-34(27(24)31-25)22-11-6-5-7-12-22)32-14-9-15-33(17-16-32)28(35)21-10-8-13-23(18-21)36-3/h5-8,10-13,18-20H,4,9,14-17H2,1-3H3/t20-/m1/s1. The number of anilines is 1. The summed E-state index contributed by atoms with van der Waals surface area (Å²) in [4.78, 5) is 27.4. The molecular formula is C28H32N6O2. The van der Waals surface area contributed by atoms with Crippen LogP contribution >= 0.6 is 0 Å². The van der Waals surface area contributed by atoms with E-state index in [0.717, 1.165) is 47.7 Å². The molecule has 0 saturated carbocycles. The molecule has 2 aromatic heterocycles. The summed E-state index contributed by atoms with van der Waals surface area (Å²) in [6.45, 7) is 7.13. The molecule has 8 nitrogen and oxygen atoms in total. The van der Waals surface area contributed by atoms with E-state index in [9.17, 15) is 4.79 Å².